The Kier molecular flexibility index (Phi) is 4.06. The first-order chi connectivity index (χ1) is 8.89. The first kappa shape index (κ1) is 14.6. The van der Waals surface area contributed by atoms with Gasteiger partial charge in [0.25, 0.3) is 0 Å². The maximum absolute atomic E-state index is 11.3. The van der Waals surface area contributed by atoms with Crippen LogP contribution in [0.15, 0.2) is 24.3 Å². The average Bonchev–Trinajstić information content (AvgIpc) is 2.38. The summed E-state index contributed by atoms with van der Waals surface area (Å²) in [6.45, 7) is 8.91. The van der Waals surface area contributed by atoms with E-state index in [9.17, 15) is 5.11 Å². The molecule has 0 spiro atoms. The van der Waals surface area contributed by atoms with Crippen LogP contribution < -0.4 is 0 Å². The van der Waals surface area contributed by atoms with Crippen molar-refractivity contribution in [3.63, 3.8) is 0 Å². The molecule has 1 nitrogen and oxygen atoms in total. The highest BCUT2D eigenvalue weighted by molar-refractivity contribution is 5.38. The minimum atomic E-state index is -0.614. The Balaban J connectivity index is 2.50. The molecule has 1 aliphatic carbocycles. The second-order valence-corrected chi connectivity index (χ2v) is 7.07. The molecule has 0 radical (unpaired) electrons. The number of hydrogen-bond acceptors (Lipinski definition) is 1. The molecular formula is C18H28O. The molecule has 2 atom stereocenters. The number of hydrogen-bond donors (Lipinski definition) is 1. The Bertz CT molecular complexity index is 430. The van der Waals surface area contributed by atoms with E-state index in [-0.39, 0.29) is 5.41 Å². The van der Waals surface area contributed by atoms with Crippen molar-refractivity contribution < 1.29 is 5.11 Å². The van der Waals surface area contributed by atoms with Crippen LogP contribution in [-0.2, 0) is 11.0 Å². The molecule has 19 heavy (non-hydrogen) atoms. The van der Waals surface area contributed by atoms with Crippen LogP contribution >= 0.6 is 0 Å². The summed E-state index contributed by atoms with van der Waals surface area (Å²) in [6, 6.07) is 8.50. The molecule has 1 aliphatic rings. The molecular weight excluding hydrogens is 232 g/mol. The van der Waals surface area contributed by atoms with Gasteiger partial charge in [-0.15, -0.1) is 0 Å². The maximum Gasteiger partial charge on any atom is 0.0927 e. The summed E-state index contributed by atoms with van der Waals surface area (Å²) in [5.74, 6) is 0.407. The zero-order valence-corrected chi connectivity index (χ0v) is 12.9. The van der Waals surface area contributed by atoms with Gasteiger partial charge in [-0.3, -0.25) is 0 Å². The summed E-state index contributed by atoms with van der Waals surface area (Å²) in [5, 5.41) is 11.3. The van der Waals surface area contributed by atoms with Crippen molar-refractivity contribution in [2.24, 2.45) is 5.92 Å². The zero-order valence-electron chi connectivity index (χ0n) is 12.9. The Morgan fingerprint density at radius 3 is 2.53 bits per heavy atom. The summed E-state index contributed by atoms with van der Waals surface area (Å²) in [7, 11) is 0. The summed E-state index contributed by atoms with van der Waals surface area (Å²) in [6.07, 6.45) is 5.54. The van der Waals surface area contributed by atoms with Crippen LogP contribution in [0.1, 0.15) is 70.9 Å². The zero-order chi connectivity index (χ0) is 14.1. The maximum atomic E-state index is 11.3. The van der Waals surface area contributed by atoms with Crippen LogP contribution in [0.3, 0.4) is 0 Å². The molecule has 0 bridgehead atoms. The minimum Gasteiger partial charge on any atom is -0.385 e. The second kappa shape index (κ2) is 5.28. The van der Waals surface area contributed by atoms with Gasteiger partial charge in [0.1, 0.15) is 0 Å². The third-order valence-electron chi connectivity index (χ3n) is 4.73. The molecule has 1 N–H and O–H groups in total. The van der Waals surface area contributed by atoms with Crippen LogP contribution in [0.25, 0.3) is 0 Å². The van der Waals surface area contributed by atoms with Crippen molar-refractivity contribution >= 4 is 0 Å². The van der Waals surface area contributed by atoms with E-state index in [2.05, 4.69) is 52.0 Å². The summed E-state index contributed by atoms with van der Waals surface area (Å²) >= 11 is 0. The largest absolute Gasteiger partial charge is 0.385 e. The smallest absolute Gasteiger partial charge is 0.0927 e. The molecule has 1 aromatic rings. The molecule has 1 aromatic carbocycles. The molecule has 106 valence electrons. The molecule has 0 amide bonds. The van der Waals surface area contributed by atoms with Gasteiger partial charge in [0.2, 0.25) is 0 Å². The first-order valence-corrected chi connectivity index (χ1v) is 7.72. The van der Waals surface area contributed by atoms with Crippen molar-refractivity contribution in [3.8, 4) is 0 Å². The lowest BCUT2D eigenvalue weighted by molar-refractivity contribution is -0.0569. The molecule has 1 fully saturated rings. The minimum absolute atomic E-state index is 0.0854. The highest BCUT2D eigenvalue weighted by Gasteiger charge is 2.41. The molecule has 1 saturated carbocycles. The van der Waals surface area contributed by atoms with Crippen molar-refractivity contribution in [3.05, 3.63) is 35.4 Å². The van der Waals surface area contributed by atoms with E-state index >= 15 is 0 Å². The molecule has 2 rings (SSSR count). The summed E-state index contributed by atoms with van der Waals surface area (Å²) < 4.78 is 0. The fourth-order valence-electron chi connectivity index (χ4n) is 3.64. The average molecular weight is 260 g/mol. The fraction of sp³-hybridized carbons (Fsp3) is 0.667. The monoisotopic (exact) mass is 260 g/mol. The molecule has 0 aliphatic heterocycles. The van der Waals surface area contributed by atoms with E-state index in [4.69, 9.17) is 0 Å². The predicted octanol–water partition coefficient (Wildman–Crippen LogP) is 4.77. The Hall–Kier alpha value is -0.820. The van der Waals surface area contributed by atoms with Crippen LogP contribution in [-0.4, -0.2) is 5.11 Å². The normalized spacial score (nSPS) is 28.4. The van der Waals surface area contributed by atoms with E-state index in [1.54, 1.807) is 0 Å². The molecule has 1 heteroatoms. The van der Waals surface area contributed by atoms with E-state index in [0.29, 0.717) is 5.92 Å². The molecule has 0 unspecified atom stereocenters. The van der Waals surface area contributed by atoms with Gasteiger partial charge in [-0.2, -0.15) is 0 Å². The molecule has 0 saturated heterocycles. The van der Waals surface area contributed by atoms with E-state index in [1.807, 2.05) is 0 Å². The number of rotatable bonds is 2. The van der Waals surface area contributed by atoms with Crippen LogP contribution in [0, 0.1) is 5.92 Å². The Labute approximate surface area is 118 Å². The van der Waals surface area contributed by atoms with E-state index in [1.165, 1.54) is 17.5 Å². The van der Waals surface area contributed by atoms with Crippen molar-refractivity contribution in [2.75, 3.05) is 0 Å². The topological polar surface area (TPSA) is 20.2 Å². The van der Waals surface area contributed by atoms with Gasteiger partial charge in [-0.05, 0) is 35.3 Å². The highest BCUT2D eigenvalue weighted by atomic mass is 16.3. The van der Waals surface area contributed by atoms with E-state index < -0.39 is 5.60 Å². The van der Waals surface area contributed by atoms with Gasteiger partial charge < -0.3 is 5.11 Å². The fourth-order valence-corrected chi connectivity index (χ4v) is 3.64. The number of benzene rings is 1. The lowest BCUT2D eigenvalue weighted by Gasteiger charge is -2.42. The van der Waals surface area contributed by atoms with Gasteiger partial charge in [-0.25, -0.2) is 0 Å². The molecule has 0 heterocycles. The van der Waals surface area contributed by atoms with Gasteiger partial charge in [0, 0.05) is 0 Å². The second-order valence-electron chi connectivity index (χ2n) is 7.07. The lowest BCUT2D eigenvalue weighted by Crippen LogP contribution is -2.39. The van der Waals surface area contributed by atoms with Gasteiger partial charge in [-0.1, -0.05) is 71.2 Å². The van der Waals surface area contributed by atoms with Crippen molar-refractivity contribution in [1.29, 1.82) is 0 Å². The SMILES string of the molecule is CC[C@@H]1CCCC[C@@]1(O)c1ccccc1C(C)(C)C. The Morgan fingerprint density at radius 2 is 1.89 bits per heavy atom. The Morgan fingerprint density at radius 1 is 1.21 bits per heavy atom. The van der Waals surface area contributed by atoms with Gasteiger partial charge in [0.15, 0.2) is 0 Å². The van der Waals surface area contributed by atoms with E-state index in [0.717, 1.165) is 25.7 Å². The summed E-state index contributed by atoms with van der Waals surface area (Å²) in [5.41, 5.74) is 1.95. The van der Waals surface area contributed by atoms with Gasteiger partial charge >= 0.3 is 0 Å². The van der Waals surface area contributed by atoms with Crippen molar-refractivity contribution in [1.82, 2.24) is 0 Å². The number of aliphatic hydroxyl groups is 1. The predicted molar refractivity (Wildman–Crippen MR) is 81.3 cm³/mol. The molecule has 0 aromatic heterocycles. The van der Waals surface area contributed by atoms with Crippen LogP contribution in [0.4, 0.5) is 0 Å². The van der Waals surface area contributed by atoms with Crippen LogP contribution in [0.2, 0.25) is 0 Å². The summed E-state index contributed by atoms with van der Waals surface area (Å²) in [4.78, 5) is 0. The highest BCUT2D eigenvalue weighted by Crippen LogP contribution is 2.46. The third-order valence-corrected chi connectivity index (χ3v) is 4.73. The van der Waals surface area contributed by atoms with Crippen molar-refractivity contribution in [2.45, 2.75) is 70.8 Å². The third kappa shape index (κ3) is 2.72. The first-order valence-electron chi connectivity index (χ1n) is 7.72. The quantitative estimate of drug-likeness (QED) is 0.812. The van der Waals surface area contributed by atoms with Gasteiger partial charge in [0.05, 0.1) is 5.60 Å². The standard InChI is InChI=1S/C18H28O/c1-5-14-10-8-9-13-18(14,19)16-12-7-6-11-15(16)17(2,3)4/h6-7,11-12,14,19H,5,8-10,13H2,1-4H3/t14-,18+/m1/s1. The van der Waals surface area contributed by atoms with Crippen LogP contribution in [0.5, 0.6) is 0 Å². The lowest BCUT2D eigenvalue weighted by atomic mass is 9.67.